The van der Waals surface area contributed by atoms with Gasteiger partial charge in [0.05, 0.1) is 28.6 Å². The molecule has 10 heteroatoms. The van der Waals surface area contributed by atoms with Crippen LogP contribution < -0.4 is 25.3 Å². The number of pyridine rings is 2. The van der Waals surface area contributed by atoms with Crippen LogP contribution in [-0.2, 0) is 6.61 Å². The van der Waals surface area contributed by atoms with E-state index in [1.807, 2.05) is 6.07 Å². The van der Waals surface area contributed by atoms with Crippen LogP contribution in [0.2, 0.25) is 10.0 Å². The second kappa shape index (κ2) is 8.87. The number of benzene rings is 1. The highest BCUT2D eigenvalue weighted by molar-refractivity contribution is 6.35. The number of rotatable bonds is 6. The molecule has 0 saturated heterocycles. The Balaban J connectivity index is 1.65. The molecule has 0 saturated carbocycles. The topological polar surface area (TPSA) is 115 Å². The number of nitrogens with zero attached hydrogens (tertiary/aromatic N) is 2. The zero-order valence-electron chi connectivity index (χ0n) is 16.5. The highest BCUT2D eigenvalue weighted by atomic mass is 35.5. The van der Waals surface area contributed by atoms with Crippen LogP contribution in [0.1, 0.15) is 16.7 Å². The lowest BCUT2D eigenvalue weighted by atomic mass is 10.0. The van der Waals surface area contributed by atoms with E-state index in [0.717, 1.165) is 5.69 Å². The fraction of sp³-hybridized carbons (Fsp3) is 0.190. The summed E-state index contributed by atoms with van der Waals surface area (Å²) in [6.07, 6.45) is 4.57. The molecule has 0 spiro atoms. The maximum Gasteiger partial charge on any atom is 0.237 e. The molecular weight excluding hydrogens is 441 g/mol. The predicted octanol–water partition coefficient (Wildman–Crippen LogP) is 4.17. The first-order valence-corrected chi connectivity index (χ1v) is 10.1. The van der Waals surface area contributed by atoms with Crippen LogP contribution in [0.5, 0.6) is 17.4 Å². The first kappa shape index (κ1) is 21.0. The molecule has 1 aromatic carbocycles. The van der Waals surface area contributed by atoms with Gasteiger partial charge in [-0.05, 0) is 12.1 Å². The first-order chi connectivity index (χ1) is 15.0. The van der Waals surface area contributed by atoms with E-state index in [1.54, 1.807) is 18.3 Å². The summed E-state index contributed by atoms with van der Waals surface area (Å²) in [6, 6.07) is 5.08. The van der Waals surface area contributed by atoms with Crippen LogP contribution in [-0.4, -0.2) is 35.9 Å². The van der Waals surface area contributed by atoms with E-state index in [0.29, 0.717) is 63.0 Å². The van der Waals surface area contributed by atoms with Crippen molar-refractivity contribution in [3.8, 4) is 17.4 Å². The summed E-state index contributed by atoms with van der Waals surface area (Å²) in [5.74, 6) is 1.34. The van der Waals surface area contributed by atoms with E-state index in [-0.39, 0.29) is 12.3 Å². The molecule has 0 aliphatic carbocycles. The summed E-state index contributed by atoms with van der Waals surface area (Å²) in [6.45, 7) is 1.32. The van der Waals surface area contributed by atoms with Crippen molar-refractivity contribution in [1.82, 2.24) is 9.97 Å². The standard InChI is InChI=1S/C21H19Cl2N5O3/c1-29-18-6-16(24)12(5-19(18)31-10-13-14(22)8-26-9-15(13)23)20(25)11-4-17-21(28-7-11)30-3-2-27-17/h4-9,25,27H,2-3,10,24H2,1H3. The van der Waals surface area contributed by atoms with E-state index in [4.69, 9.17) is 48.6 Å². The number of methoxy groups -OCH3 is 1. The zero-order valence-corrected chi connectivity index (χ0v) is 18.0. The number of hydrogen-bond donors (Lipinski definition) is 3. The van der Waals surface area contributed by atoms with Gasteiger partial charge in [-0.3, -0.25) is 10.4 Å². The molecule has 8 nitrogen and oxygen atoms in total. The van der Waals surface area contributed by atoms with Gasteiger partial charge in [0.15, 0.2) is 11.5 Å². The van der Waals surface area contributed by atoms with Crippen LogP contribution in [0.4, 0.5) is 11.4 Å². The quantitative estimate of drug-likeness (QED) is 0.374. The normalized spacial score (nSPS) is 12.4. The van der Waals surface area contributed by atoms with Gasteiger partial charge in [-0.2, -0.15) is 0 Å². The molecule has 160 valence electrons. The number of hydrogen-bond acceptors (Lipinski definition) is 8. The second-order valence-electron chi connectivity index (χ2n) is 6.69. The van der Waals surface area contributed by atoms with Crippen LogP contribution in [0.3, 0.4) is 0 Å². The summed E-state index contributed by atoms with van der Waals surface area (Å²) in [5.41, 5.74) is 9.16. The average Bonchev–Trinajstić information content (AvgIpc) is 2.78. The molecule has 4 N–H and O–H groups in total. The zero-order chi connectivity index (χ0) is 22.0. The number of halogens is 2. The Hall–Kier alpha value is -3.23. The molecular formula is C21H19Cl2N5O3. The molecule has 0 amide bonds. The highest BCUT2D eigenvalue weighted by Crippen LogP contribution is 2.35. The van der Waals surface area contributed by atoms with Crippen LogP contribution in [0.15, 0.2) is 36.8 Å². The van der Waals surface area contributed by atoms with E-state index in [1.165, 1.54) is 19.5 Å². The fourth-order valence-corrected chi connectivity index (χ4v) is 3.58. The Morgan fingerprint density at radius 2 is 1.97 bits per heavy atom. The van der Waals surface area contributed by atoms with E-state index in [2.05, 4.69) is 15.3 Å². The van der Waals surface area contributed by atoms with Crippen LogP contribution in [0, 0.1) is 5.41 Å². The number of nitrogen functional groups attached to an aromatic ring is 1. The van der Waals surface area contributed by atoms with Crippen LogP contribution in [0.25, 0.3) is 0 Å². The van der Waals surface area contributed by atoms with Gasteiger partial charge in [0.25, 0.3) is 0 Å². The Morgan fingerprint density at radius 1 is 1.19 bits per heavy atom. The molecule has 31 heavy (non-hydrogen) atoms. The Morgan fingerprint density at radius 3 is 2.71 bits per heavy atom. The lowest BCUT2D eigenvalue weighted by molar-refractivity contribution is 0.284. The summed E-state index contributed by atoms with van der Waals surface area (Å²) in [5, 5.41) is 12.7. The molecule has 0 atom stereocenters. The van der Waals surface area contributed by atoms with E-state index >= 15 is 0 Å². The lowest BCUT2D eigenvalue weighted by Crippen LogP contribution is -2.19. The Bertz CT molecular complexity index is 1140. The van der Waals surface area contributed by atoms with Gasteiger partial charge in [0.2, 0.25) is 5.88 Å². The third-order valence-corrected chi connectivity index (χ3v) is 5.38. The summed E-state index contributed by atoms with van der Waals surface area (Å²) in [4.78, 5) is 8.23. The van der Waals surface area contributed by atoms with E-state index in [9.17, 15) is 0 Å². The van der Waals surface area contributed by atoms with Crippen LogP contribution >= 0.6 is 23.2 Å². The predicted molar refractivity (Wildman–Crippen MR) is 120 cm³/mol. The van der Waals surface area contributed by atoms with Crippen molar-refractivity contribution >= 4 is 40.3 Å². The van der Waals surface area contributed by atoms with Crippen molar-refractivity contribution in [2.75, 3.05) is 31.3 Å². The second-order valence-corrected chi connectivity index (χ2v) is 7.50. The molecule has 3 aromatic rings. The largest absolute Gasteiger partial charge is 0.493 e. The molecule has 0 radical (unpaired) electrons. The van der Waals surface area contributed by atoms with Gasteiger partial charge in [-0.1, -0.05) is 23.2 Å². The average molecular weight is 460 g/mol. The number of aromatic nitrogens is 2. The van der Waals surface area contributed by atoms with Crippen molar-refractivity contribution in [1.29, 1.82) is 5.41 Å². The van der Waals surface area contributed by atoms with Gasteiger partial charge >= 0.3 is 0 Å². The number of anilines is 2. The Kier molecular flexibility index (Phi) is 6.01. The molecule has 1 aliphatic rings. The highest BCUT2D eigenvalue weighted by Gasteiger charge is 2.19. The van der Waals surface area contributed by atoms with Gasteiger partial charge in [0.1, 0.15) is 13.2 Å². The third kappa shape index (κ3) is 4.30. The van der Waals surface area contributed by atoms with Gasteiger partial charge < -0.3 is 25.3 Å². The lowest BCUT2D eigenvalue weighted by Gasteiger charge is -2.19. The molecule has 1 aliphatic heterocycles. The SMILES string of the molecule is COc1cc(N)c(C(=N)c2cnc3c(c2)NCCO3)cc1OCc1c(Cl)cncc1Cl. The van der Waals surface area contributed by atoms with Crippen molar-refractivity contribution in [2.45, 2.75) is 6.61 Å². The molecule has 0 fully saturated rings. The molecule has 4 rings (SSSR count). The minimum atomic E-state index is 0.0922. The van der Waals surface area contributed by atoms with Gasteiger partial charge in [0, 0.05) is 53.6 Å². The Labute approximate surface area is 188 Å². The number of nitrogens with two attached hydrogens (primary N) is 1. The number of ether oxygens (including phenoxy) is 3. The molecule has 3 heterocycles. The molecule has 0 bridgehead atoms. The first-order valence-electron chi connectivity index (χ1n) is 9.32. The maximum atomic E-state index is 8.68. The minimum absolute atomic E-state index is 0.0922. The van der Waals surface area contributed by atoms with E-state index < -0.39 is 0 Å². The molecule has 0 unspecified atom stereocenters. The third-order valence-electron chi connectivity index (χ3n) is 4.73. The monoisotopic (exact) mass is 459 g/mol. The van der Waals surface area contributed by atoms with Gasteiger partial charge in [-0.25, -0.2) is 4.98 Å². The fourth-order valence-electron chi connectivity index (χ4n) is 3.11. The van der Waals surface area contributed by atoms with Gasteiger partial charge in [-0.15, -0.1) is 0 Å². The minimum Gasteiger partial charge on any atom is -0.493 e. The van der Waals surface area contributed by atoms with Crippen molar-refractivity contribution in [3.05, 3.63) is 63.5 Å². The maximum absolute atomic E-state index is 8.68. The van der Waals surface area contributed by atoms with Crippen molar-refractivity contribution in [2.24, 2.45) is 0 Å². The summed E-state index contributed by atoms with van der Waals surface area (Å²) >= 11 is 12.4. The smallest absolute Gasteiger partial charge is 0.237 e. The summed E-state index contributed by atoms with van der Waals surface area (Å²) in [7, 11) is 1.51. The number of fused-ring (bicyclic) bond motifs is 1. The number of nitrogens with one attached hydrogen (secondary N) is 2. The summed E-state index contributed by atoms with van der Waals surface area (Å²) < 4.78 is 16.8. The molecule has 2 aromatic heterocycles. The van der Waals surface area contributed by atoms with Crippen molar-refractivity contribution < 1.29 is 14.2 Å². The van der Waals surface area contributed by atoms with Crippen molar-refractivity contribution in [3.63, 3.8) is 0 Å².